The van der Waals surface area contributed by atoms with E-state index in [1.165, 1.54) is 0 Å². The first-order valence-corrected chi connectivity index (χ1v) is 9.38. The van der Waals surface area contributed by atoms with Gasteiger partial charge in [-0.15, -0.1) is 0 Å². The molecular weight excluding hydrogens is 371 g/mol. The average molecular weight is 387 g/mol. The molecule has 0 spiro atoms. The van der Waals surface area contributed by atoms with Crippen molar-refractivity contribution < 1.29 is 26.4 Å². The van der Waals surface area contributed by atoms with E-state index in [1.54, 1.807) is 17.3 Å². The number of halogens is 3. The number of carbonyl (C=O) groups excluding carboxylic acids is 1. The molecule has 1 aromatic heterocycles. The second-order valence-electron chi connectivity index (χ2n) is 6.04. The van der Waals surface area contributed by atoms with Gasteiger partial charge < -0.3 is 9.88 Å². The number of hydrogen-bond acceptors (Lipinski definition) is 4. The van der Waals surface area contributed by atoms with Crippen LogP contribution in [0.3, 0.4) is 0 Å². The van der Waals surface area contributed by atoms with E-state index < -0.39 is 20.2 Å². The first-order chi connectivity index (χ1) is 12.2. The molecule has 0 saturated carbocycles. The molecular formula is C16H16F3N3O3S. The van der Waals surface area contributed by atoms with Crippen molar-refractivity contribution in [1.29, 1.82) is 0 Å². The zero-order chi connectivity index (χ0) is 18.9. The maximum atomic E-state index is 12.6. The lowest BCUT2D eigenvalue weighted by Crippen LogP contribution is -2.39. The van der Waals surface area contributed by atoms with Gasteiger partial charge in [-0.3, -0.25) is 4.79 Å². The fourth-order valence-corrected chi connectivity index (χ4v) is 3.74. The number of carbonyl (C=O) groups is 1. The molecule has 26 heavy (non-hydrogen) atoms. The number of amides is 1. The third kappa shape index (κ3) is 3.46. The third-order valence-corrected chi connectivity index (χ3v) is 5.83. The molecule has 1 amide bonds. The molecule has 140 valence electrons. The number of nitrogens with one attached hydrogen (secondary N) is 1. The van der Waals surface area contributed by atoms with Crippen LogP contribution in [-0.4, -0.2) is 47.8 Å². The van der Waals surface area contributed by atoms with E-state index in [0.717, 1.165) is 42.9 Å². The topological polar surface area (TPSA) is 83.1 Å². The van der Waals surface area contributed by atoms with Crippen molar-refractivity contribution in [3.63, 3.8) is 0 Å². The quantitative estimate of drug-likeness (QED) is 0.878. The van der Waals surface area contributed by atoms with Crippen LogP contribution in [0.1, 0.15) is 34.9 Å². The molecule has 1 N–H and O–H groups in total. The lowest BCUT2D eigenvalue weighted by molar-refractivity contribution is -0.0436. The molecule has 1 aliphatic heterocycles. The van der Waals surface area contributed by atoms with Crippen LogP contribution in [0.2, 0.25) is 0 Å². The van der Waals surface area contributed by atoms with Crippen molar-refractivity contribution in [2.24, 2.45) is 0 Å². The summed E-state index contributed by atoms with van der Waals surface area (Å²) in [4.78, 5) is 20.5. The van der Waals surface area contributed by atoms with Gasteiger partial charge >= 0.3 is 5.51 Å². The molecule has 10 heteroatoms. The highest BCUT2D eigenvalue weighted by Gasteiger charge is 2.46. The summed E-state index contributed by atoms with van der Waals surface area (Å²) < 4.78 is 60.5. The van der Waals surface area contributed by atoms with E-state index >= 15 is 0 Å². The monoisotopic (exact) mass is 387 g/mol. The summed E-state index contributed by atoms with van der Waals surface area (Å²) in [5, 5.41) is 0. The minimum atomic E-state index is -5.42. The Kier molecular flexibility index (Phi) is 4.78. The summed E-state index contributed by atoms with van der Waals surface area (Å²) in [5.41, 5.74) is -5.23. The van der Waals surface area contributed by atoms with Gasteiger partial charge in [0.15, 0.2) is 0 Å². The summed E-state index contributed by atoms with van der Waals surface area (Å²) in [6.45, 7) is 0.966. The molecule has 1 aromatic carbocycles. The number of hydrogen-bond donors (Lipinski definition) is 1. The van der Waals surface area contributed by atoms with Crippen molar-refractivity contribution in [2.45, 2.75) is 29.2 Å². The number of likely N-dealkylation sites (tertiary alicyclic amines) is 1. The second kappa shape index (κ2) is 6.75. The van der Waals surface area contributed by atoms with E-state index in [0.29, 0.717) is 13.1 Å². The van der Waals surface area contributed by atoms with E-state index in [1.807, 2.05) is 0 Å². The number of alkyl halides is 3. The van der Waals surface area contributed by atoms with Gasteiger partial charge in [-0.25, -0.2) is 13.4 Å². The minimum absolute atomic E-state index is 0.0626. The SMILES string of the molecule is O=C(c1ccc(S(=O)(=O)C(F)(F)F)cc1)N1CCCC(c2ncc[nH]2)C1. The Morgan fingerprint density at radius 2 is 1.92 bits per heavy atom. The summed E-state index contributed by atoms with van der Waals surface area (Å²) in [6.07, 6.45) is 4.99. The smallest absolute Gasteiger partial charge is 0.348 e. The summed E-state index contributed by atoms with van der Waals surface area (Å²) in [5.74, 6) is 0.499. The third-order valence-electron chi connectivity index (χ3n) is 4.33. The van der Waals surface area contributed by atoms with E-state index in [2.05, 4.69) is 9.97 Å². The predicted octanol–water partition coefficient (Wildman–Crippen LogP) is 2.72. The van der Waals surface area contributed by atoms with Crippen LogP contribution >= 0.6 is 0 Å². The van der Waals surface area contributed by atoms with Crippen molar-refractivity contribution in [2.75, 3.05) is 13.1 Å². The Labute approximate surface area is 148 Å². The van der Waals surface area contributed by atoms with Crippen molar-refractivity contribution in [3.8, 4) is 0 Å². The molecule has 0 bridgehead atoms. The number of imidazole rings is 1. The first kappa shape index (κ1) is 18.4. The van der Waals surface area contributed by atoms with Crippen LogP contribution in [-0.2, 0) is 9.84 Å². The fourth-order valence-electron chi connectivity index (χ4n) is 2.98. The van der Waals surface area contributed by atoms with Crippen molar-refractivity contribution >= 4 is 15.7 Å². The Bertz CT molecular complexity index is 878. The molecule has 0 aliphatic carbocycles. The Hall–Kier alpha value is -2.36. The lowest BCUT2D eigenvalue weighted by atomic mass is 9.96. The standard InChI is InChI=1S/C16H16F3N3O3S/c17-16(18,19)26(24,25)13-5-3-11(4-6-13)15(23)22-9-1-2-12(10-22)14-20-7-8-21-14/h3-8,12H,1-2,9-10H2,(H,20,21). The number of nitrogens with zero attached hydrogens (tertiary/aromatic N) is 2. The summed E-state index contributed by atoms with van der Waals surface area (Å²) >= 11 is 0. The Morgan fingerprint density at radius 1 is 1.23 bits per heavy atom. The zero-order valence-electron chi connectivity index (χ0n) is 13.5. The Balaban J connectivity index is 1.76. The Morgan fingerprint density at radius 3 is 2.50 bits per heavy atom. The van der Waals surface area contributed by atoms with Gasteiger partial charge in [-0.1, -0.05) is 0 Å². The summed E-state index contributed by atoms with van der Waals surface area (Å²) in [6, 6.07) is 3.84. The normalized spacial score (nSPS) is 18.7. The highest BCUT2D eigenvalue weighted by atomic mass is 32.2. The van der Waals surface area contributed by atoms with E-state index in [9.17, 15) is 26.4 Å². The van der Waals surface area contributed by atoms with Gasteiger partial charge in [0.05, 0.1) is 4.90 Å². The first-order valence-electron chi connectivity index (χ1n) is 7.90. The maximum absolute atomic E-state index is 12.6. The number of sulfone groups is 1. The molecule has 6 nitrogen and oxygen atoms in total. The highest BCUT2D eigenvalue weighted by molar-refractivity contribution is 7.92. The van der Waals surface area contributed by atoms with Crippen molar-refractivity contribution in [1.82, 2.24) is 14.9 Å². The van der Waals surface area contributed by atoms with Gasteiger partial charge in [-0.2, -0.15) is 13.2 Å². The average Bonchev–Trinajstić information content (AvgIpc) is 3.15. The summed E-state index contributed by atoms with van der Waals surface area (Å²) in [7, 11) is -5.42. The molecule has 1 fully saturated rings. The highest BCUT2D eigenvalue weighted by Crippen LogP contribution is 2.30. The molecule has 2 aromatic rings. The largest absolute Gasteiger partial charge is 0.501 e. The fraction of sp³-hybridized carbons (Fsp3) is 0.375. The number of aromatic amines is 1. The number of benzene rings is 1. The number of piperidine rings is 1. The van der Waals surface area contributed by atoms with Gasteiger partial charge in [0, 0.05) is 37.0 Å². The number of H-pyrrole nitrogens is 1. The van der Waals surface area contributed by atoms with Crippen LogP contribution < -0.4 is 0 Å². The molecule has 1 unspecified atom stereocenters. The van der Waals surface area contributed by atoms with Crippen LogP contribution in [0.15, 0.2) is 41.6 Å². The molecule has 1 saturated heterocycles. The number of rotatable bonds is 3. The van der Waals surface area contributed by atoms with Crippen LogP contribution in [0.5, 0.6) is 0 Å². The minimum Gasteiger partial charge on any atom is -0.348 e. The van der Waals surface area contributed by atoms with Crippen LogP contribution in [0.25, 0.3) is 0 Å². The number of aromatic nitrogens is 2. The van der Waals surface area contributed by atoms with E-state index in [-0.39, 0.29) is 17.4 Å². The molecule has 1 aliphatic rings. The van der Waals surface area contributed by atoms with Gasteiger partial charge in [-0.05, 0) is 37.1 Å². The van der Waals surface area contributed by atoms with Gasteiger partial charge in [0.2, 0.25) is 0 Å². The molecule has 1 atom stereocenters. The van der Waals surface area contributed by atoms with E-state index in [4.69, 9.17) is 0 Å². The van der Waals surface area contributed by atoms with Gasteiger partial charge in [0.1, 0.15) is 5.82 Å². The van der Waals surface area contributed by atoms with Crippen molar-refractivity contribution in [3.05, 3.63) is 48.0 Å². The molecule has 2 heterocycles. The van der Waals surface area contributed by atoms with Crippen LogP contribution in [0, 0.1) is 0 Å². The van der Waals surface area contributed by atoms with Gasteiger partial charge in [0.25, 0.3) is 15.7 Å². The zero-order valence-corrected chi connectivity index (χ0v) is 14.3. The predicted molar refractivity (Wildman–Crippen MR) is 86.1 cm³/mol. The van der Waals surface area contributed by atoms with Crippen LogP contribution in [0.4, 0.5) is 13.2 Å². The molecule has 0 radical (unpaired) electrons. The lowest BCUT2D eigenvalue weighted by Gasteiger charge is -2.32. The second-order valence-corrected chi connectivity index (χ2v) is 7.98. The maximum Gasteiger partial charge on any atom is 0.501 e. The molecule has 3 rings (SSSR count).